The van der Waals surface area contributed by atoms with Gasteiger partial charge in [-0.15, -0.1) is 0 Å². The Balaban J connectivity index is 2.38. The van der Waals surface area contributed by atoms with Gasteiger partial charge in [0.1, 0.15) is 5.82 Å². The molecule has 0 aliphatic rings. The molecule has 3 N–H and O–H groups in total. The van der Waals surface area contributed by atoms with E-state index in [1.807, 2.05) is 13.0 Å². The first-order valence-corrected chi connectivity index (χ1v) is 6.87. The topological polar surface area (TPSA) is 50.9 Å². The number of nitrogens with one attached hydrogen (secondary N) is 1. The molecule has 3 nitrogen and oxygen atoms in total. The number of nitrogens with zero attached hydrogens (tertiary/aromatic N) is 1. The lowest BCUT2D eigenvalue weighted by Crippen LogP contribution is -2.11. The number of hydrogen-bond acceptors (Lipinski definition) is 3. The second-order valence-corrected chi connectivity index (χ2v) is 6.34. The molecule has 0 bridgehead atoms. The normalized spacial score (nSPS) is 11.4. The second kappa shape index (κ2) is 5.16. The molecule has 0 fully saturated rings. The van der Waals surface area contributed by atoms with Gasteiger partial charge in [-0.1, -0.05) is 32.9 Å². The fraction of sp³-hybridized carbons (Fsp3) is 0.353. The van der Waals surface area contributed by atoms with E-state index in [-0.39, 0.29) is 5.41 Å². The maximum atomic E-state index is 5.74. The zero-order valence-corrected chi connectivity index (χ0v) is 12.9. The summed E-state index contributed by atoms with van der Waals surface area (Å²) < 4.78 is 0. The summed E-state index contributed by atoms with van der Waals surface area (Å²) in [6.07, 6.45) is 1.68. The van der Waals surface area contributed by atoms with Crippen LogP contribution in [0.2, 0.25) is 0 Å². The molecule has 0 amide bonds. The summed E-state index contributed by atoms with van der Waals surface area (Å²) in [4.78, 5) is 4.37. The molecule has 1 aromatic heterocycles. The molecule has 0 aliphatic carbocycles. The predicted molar refractivity (Wildman–Crippen MR) is 86.5 cm³/mol. The quantitative estimate of drug-likeness (QED) is 0.853. The van der Waals surface area contributed by atoms with E-state index in [1.54, 1.807) is 6.20 Å². The van der Waals surface area contributed by atoms with Gasteiger partial charge in [-0.25, -0.2) is 4.98 Å². The number of anilines is 3. The number of pyridine rings is 1. The maximum absolute atomic E-state index is 5.74. The van der Waals surface area contributed by atoms with Crippen molar-refractivity contribution in [1.82, 2.24) is 4.98 Å². The van der Waals surface area contributed by atoms with Crippen molar-refractivity contribution in [2.75, 3.05) is 11.1 Å². The minimum atomic E-state index is 0.133. The van der Waals surface area contributed by atoms with Crippen molar-refractivity contribution in [3.05, 3.63) is 47.2 Å². The van der Waals surface area contributed by atoms with Crippen LogP contribution < -0.4 is 11.1 Å². The minimum absolute atomic E-state index is 0.133. The van der Waals surface area contributed by atoms with Gasteiger partial charge >= 0.3 is 0 Å². The smallest absolute Gasteiger partial charge is 0.133 e. The summed E-state index contributed by atoms with van der Waals surface area (Å²) in [6.45, 7) is 10.8. The van der Waals surface area contributed by atoms with Crippen LogP contribution in [0.1, 0.15) is 37.5 Å². The Kier molecular flexibility index (Phi) is 3.71. The zero-order valence-electron chi connectivity index (χ0n) is 12.9. The highest BCUT2D eigenvalue weighted by Crippen LogP contribution is 2.29. The summed E-state index contributed by atoms with van der Waals surface area (Å²) in [6, 6.07) is 8.46. The number of nitrogens with two attached hydrogens (primary N) is 1. The van der Waals surface area contributed by atoms with E-state index in [0.717, 1.165) is 17.1 Å². The van der Waals surface area contributed by atoms with Gasteiger partial charge < -0.3 is 11.1 Å². The molecule has 3 heteroatoms. The Labute approximate surface area is 121 Å². The Morgan fingerprint density at radius 1 is 1.05 bits per heavy atom. The van der Waals surface area contributed by atoms with Crippen LogP contribution in [-0.2, 0) is 5.41 Å². The maximum Gasteiger partial charge on any atom is 0.133 e. The number of nitrogen functional groups attached to an aromatic ring is 1. The van der Waals surface area contributed by atoms with E-state index in [1.165, 1.54) is 11.1 Å². The minimum Gasteiger partial charge on any atom is -0.397 e. The lowest BCUT2D eigenvalue weighted by Gasteiger charge is -2.21. The molecule has 0 spiro atoms. The molecule has 0 unspecified atom stereocenters. The highest BCUT2D eigenvalue weighted by molar-refractivity contribution is 5.65. The van der Waals surface area contributed by atoms with Crippen molar-refractivity contribution >= 4 is 17.2 Å². The Hall–Kier alpha value is -2.03. The average Bonchev–Trinajstić information content (AvgIpc) is 2.33. The highest BCUT2D eigenvalue weighted by atomic mass is 15.0. The molecule has 2 rings (SSSR count). The summed E-state index contributed by atoms with van der Waals surface area (Å²) in [5, 5.41) is 3.41. The first-order valence-electron chi connectivity index (χ1n) is 6.87. The van der Waals surface area contributed by atoms with E-state index in [0.29, 0.717) is 5.69 Å². The molecular weight excluding hydrogens is 246 g/mol. The number of aromatic nitrogens is 1. The zero-order chi connectivity index (χ0) is 14.9. The van der Waals surface area contributed by atoms with Gasteiger partial charge in [0.2, 0.25) is 0 Å². The molecule has 0 saturated heterocycles. The summed E-state index contributed by atoms with van der Waals surface area (Å²) in [5.74, 6) is 0.855. The van der Waals surface area contributed by atoms with Gasteiger partial charge in [0, 0.05) is 5.69 Å². The van der Waals surface area contributed by atoms with Crippen LogP contribution in [0.25, 0.3) is 0 Å². The third-order valence-electron chi connectivity index (χ3n) is 3.46. The van der Waals surface area contributed by atoms with Crippen molar-refractivity contribution in [1.29, 1.82) is 0 Å². The Bertz CT molecular complexity index is 625. The number of hydrogen-bond donors (Lipinski definition) is 2. The van der Waals surface area contributed by atoms with Crippen LogP contribution in [0.4, 0.5) is 17.2 Å². The molecule has 0 aliphatic heterocycles. The van der Waals surface area contributed by atoms with E-state index in [9.17, 15) is 0 Å². The SMILES string of the molecule is Cc1ccc(C(C)(C)C)cc1Nc1ncc(N)cc1C. The fourth-order valence-electron chi connectivity index (χ4n) is 2.08. The molecular formula is C17H23N3. The van der Waals surface area contributed by atoms with Gasteiger partial charge in [-0.3, -0.25) is 0 Å². The molecule has 0 atom stereocenters. The predicted octanol–water partition coefficient (Wildman–Crippen LogP) is 4.32. The van der Waals surface area contributed by atoms with Crippen molar-refractivity contribution in [2.24, 2.45) is 0 Å². The second-order valence-electron chi connectivity index (χ2n) is 6.34. The van der Waals surface area contributed by atoms with E-state index in [4.69, 9.17) is 5.73 Å². The third-order valence-corrected chi connectivity index (χ3v) is 3.46. The largest absolute Gasteiger partial charge is 0.397 e. The Morgan fingerprint density at radius 2 is 1.75 bits per heavy atom. The number of benzene rings is 1. The van der Waals surface area contributed by atoms with Crippen molar-refractivity contribution in [2.45, 2.75) is 40.0 Å². The molecule has 20 heavy (non-hydrogen) atoms. The van der Waals surface area contributed by atoms with E-state index in [2.05, 4.69) is 56.2 Å². The number of aryl methyl sites for hydroxylation is 2. The highest BCUT2D eigenvalue weighted by Gasteiger charge is 2.15. The standard InChI is InChI=1S/C17H23N3/c1-11-6-7-13(17(3,4)5)9-15(11)20-16-12(2)8-14(18)10-19-16/h6-10H,18H2,1-5H3,(H,19,20). The van der Waals surface area contributed by atoms with Crippen LogP contribution in [0.5, 0.6) is 0 Å². The van der Waals surface area contributed by atoms with Gasteiger partial charge in [0.05, 0.1) is 11.9 Å². The van der Waals surface area contributed by atoms with Gasteiger partial charge in [0.15, 0.2) is 0 Å². The number of rotatable bonds is 2. The molecule has 1 aromatic carbocycles. The first kappa shape index (κ1) is 14.4. The van der Waals surface area contributed by atoms with Crippen LogP contribution in [-0.4, -0.2) is 4.98 Å². The van der Waals surface area contributed by atoms with Gasteiger partial charge in [-0.2, -0.15) is 0 Å². The van der Waals surface area contributed by atoms with Crippen LogP contribution in [0.15, 0.2) is 30.5 Å². The van der Waals surface area contributed by atoms with E-state index >= 15 is 0 Å². The van der Waals surface area contributed by atoms with Crippen molar-refractivity contribution in [3.8, 4) is 0 Å². The van der Waals surface area contributed by atoms with Crippen LogP contribution >= 0.6 is 0 Å². The summed E-state index contributed by atoms with van der Waals surface area (Å²) in [7, 11) is 0. The van der Waals surface area contributed by atoms with E-state index < -0.39 is 0 Å². The Morgan fingerprint density at radius 3 is 2.35 bits per heavy atom. The van der Waals surface area contributed by atoms with Crippen LogP contribution in [0, 0.1) is 13.8 Å². The van der Waals surface area contributed by atoms with Crippen molar-refractivity contribution < 1.29 is 0 Å². The first-order chi connectivity index (χ1) is 9.27. The average molecular weight is 269 g/mol. The summed E-state index contributed by atoms with van der Waals surface area (Å²) >= 11 is 0. The molecule has 106 valence electrons. The fourth-order valence-corrected chi connectivity index (χ4v) is 2.08. The third kappa shape index (κ3) is 3.10. The lowest BCUT2D eigenvalue weighted by atomic mass is 9.86. The molecule has 0 saturated carbocycles. The monoisotopic (exact) mass is 269 g/mol. The lowest BCUT2D eigenvalue weighted by molar-refractivity contribution is 0.590. The summed E-state index contributed by atoms with van der Waals surface area (Å²) in [5.41, 5.74) is 11.2. The molecule has 0 radical (unpaired) electrons. The van der Waals surface area contributed by atoms with Crippen molar-refractivity contribution in [3.63, 3.8) is 0 Å². The van der Waals surface area contributed by atoms with Crippen LogP contribution in [0.3, 0.4) is 0 Å². The molecule has 2 aromatic rings. The molecule has 1 heterocycles. The van der Waals surface area contributed by atoms with Gasteiger partial charge in [-0.05, 0) is 48.1 Å². The van der Waals surface area contributed by atoms with Gasteiger partial charge in [0.25, 0.3) is 0 Å².